The number of primary amides is 1. The number of nitrogens with zero attached hydrogens (tertiary/aromatic N) is 3. The van der Waals surface area contributed by atoms with Crippen molar-refractivity contribution in [1.82, 2.24) is 14.5 Å². The zero-order valence-corrected chi connectivity index (χ0v) is 30.5. The number of esters is 1. The topological polar surface area (TPSA) is 247 Å². The molecule has 0 aliphatic heterocycles. The molecule has 1 aliphatic rings. The average Bonchev–Trinajstić information content (AvgIpc) is 3.46. The summed E-state index contributed by atoms with van der Waals surface area (Å²) in [7, 11) is -7.33. The lowest BCUT2D eigenvalue weighted by atomic mass is 9.92. The standard InChI is InChI=1S/C33H34N6O3.2CH4O3S/c1-2-20-19-39(33-31(20)26(13-14-36-33)22-15-21-5-3-4-6-28(21)37-18-22)24-9-12-27(32(35)41)29(16-24)38-23-7-10-25(11-8-23)42-30(40)17-34;2*1-5(2,3)4/h3-6,9,12-16,18-19,23,25,38H,2,7-8,10-11,17,34H2,1H3,(H2,35,41);2*1H3,(H,2,3,4)/t23-,25-;;. The van der Waals surface area contributed by atoms with Gasteiger partial charge in [-0.3, -0.25) is 23.7 Å². The van der Waals surface area contributed by atoms with Gasteiger partial charge in [0.1, 0.15) is 11.8 Å². The number of rotatable bonds is 8. The van der Waals surface area contributed by atoms with Gasteiger partial charge in [0.05, 0.1) is 30.1 Å². The monoisotopic (exact) mass is 754 g/mol. The van der Waals surface area contributed by atoms with Crippen molar-refractivity contribution in [2.75, 3.05) is 24.4 Å². The molecule has 5 aromatic rings. The second-order valence-electron chi connectivity index (χ2n) is 12.2. The zero-order valence-electron chi connectivity index (χ0n) is 28.9. The maximum Gasteiger partial charge on any atom is 0.319 e. The Morgan fingerprint density at radius 1 is 0.962 bits per heavy atom. The highest BCUT2D eigenvalue weighted by Gasteiger charge is 2.25. The van der Waals surface area contributed by atoms with Crippen LogP contribution >= 0.6 is 0 Å². The normalized spacial score (nSPS) is 15.9. The number of aryl methyl sites for hydroxylation is 1. The smallest absolute Gasteiger partial charge is 0.319 e. The Labute approximate surface area is 301 Å². The quantitative estimate of drug-likeness (QED) is 0.111. The Kier molecular flexibility index (Phi) is 13.1. The lowest BCUT2D eigenvalue weighted by Crippen LogP contribution is -2.33. The summed E-state index contributed by atoms with van der Waals surface area (Å²) in [6.07, 6.45) is 11.0. The van der Waals surface area contributed by atoms with Crippen LogP contribution in [-0.4, -0.2) is 83.6 Å². The van der Waals surface area contributed by atoms with Crippen molar-refractivity contribution in [3.63, 3.8) is 0 Å². The van der Waals surface area contributed by atoms with Crippen LogP contribution in [0.4, 0.5) is 5.69 Å². The molecule has 2 aromatic carbocycles. The van der Waals surface area contributed by atoms with Gasteiger partial charge in [0, 0.05) is 52.3 Å². The van der Waals surface area contributed by atoms with Gasteiger partial charge in [-0.05, 0) is 79.6 Å². The molecule has 0 radical (unpaired) electrons. The van der Waals surface area contributed by atoms with E-state index in [9.17, 15) is 26.4 Å². The molecular formula is C35H42N6O9S2. The third kappa shape index (κ3) is 11.3. The Bertz CT molecular complexity index is 2240. The van der Waals surface area contributed by atoms with E-state index in [4.69, 9.17) is 35.3 Å². The van der Waals surface area contributed by atoms with Crippen LogP contribution in [0.5, 0.6) is 0 Å². The van der Waals surface area contributed by atoms with Gasteiger partial charge in [0.2, 0.25) is 0 Å². The summed E-state index contributed by atoms with van der Waals surface area (Å²) in [6.45, 7) is 2.02. The fourth-order valence-electron chi connectivity index (χ4n) is 5.95. The molecule has 3 aromatic heterocycles. The van der Waals surface area contributed by atoms with Crippen molar-refractivity contribution in [3.05, 3.63) is 84.3 Å². The van der Waals surface area contributed by atoms with E-state index in [1.165, 1.54) is 5.56 Å². The number of carbonyl (C=O) groups excluding carboxylic acids is 2. The van der Waals surface area contributed by atoms with Crippen LogP contribution in [0, 0.1) is 0 Å². The van der Waals surface area contributed by atoms with Crippen LogP contribution in [-0.2, 0) is 36.2 Å². The van der Waals surface area contributed by atoms with Crippen LogP contribution < -0.4 is 16.8 Å². The first-order valence-corrected chi connectivity index (χ1v) is 19.9. The number of nitrogens with two attached hydrogens (primary N) is 2. The second kappa shape index (κ2) is 17.1. The minimum Gasteiger partial charge on any atom is -0.461 e. The molecule has 0 unspecified atom stereocenters. The number of aromatic nitrogens is 3. The molecule has 17 heteroatoms. The number of hydrogen-bond acceptors (Lipinski definition) is 11. The van der Waals surface area contributed by atoms with E-state index in [0.29, 0.717) is 23.8 Å². The lowest BCUT2D eigenvalue weighted by molar-refractivity contribution is -0.148. The van der Waals surface area contributed by atoms with Gasteiger partial charge in [-0.15, -0.1) is 0 Å². The molecule has 15 nitrogen and oxygen atoms in total. The molecule has 3 heterocycles. The first-order valence-electron chi connectivity index (χ1n) is 16.2. The first-order chi connectivity index (χ1) is 24.4. The predicted octanol–water partition coefficient (Wildman–Crippen LogP) is 4.14. The second-order valence-corrected chi connectivity index (χ2v) is 15.2. The molecular weight excluding hydrogens is 713 g/mol. The van der Waals surface area contributed by atoms with Gasteiger partial charge < -0.3 is 26.1 Å². The minimum atomic E-state index is -3.67. The maximum absolute atomic E-state index is 12.4. The molecule has 6 rings (SSSR count). The van der Waals surface area contributed by atoms with E-state index in [2.05, 4.69) is 35.1 Å². The number of benzene rings is 2. The van der Waals surface area contributed by atoms with Gasteiger partial charge in [0.15, 0.2) is 0 Å². The van der Waals surface area contributed by atoms with Gasteiger partial charge in [-0.2, -0.15) is 16.8 Å². The van der Waals surface area contributed by atoms with E-state index >= 15 is 0 Å². The Balaban J connectivity index is 0.000000536. The van der Waals surface area contributed by atoms with E-state index < -0.39 is 26.1 Å². The summed E-state index contributed by atoms with van der Waals surface area (Å²) in [5, 5.41) is 5.71. The summed E-state index contributed by atoms with van der Waals surface area (Å²) in [4.78, 5) is 33.4. The van der Waals surface area contributed by atoms with E-state index in [1.807, 2.05) is 48.8 Å². The van der Waals surface area contributed by atoms with Crippen LogP contribution in [0.25, 0.3) is 38.8 Å². The fourth-order valence-corrected chi connectivity index (χ4v) is 5.95. The Morgan fingerprint density at radius 2 is 1.62 bits per heavy atom. The third-order valence-electron chi connectivity index (χ3n) is 8.09. The van der Waals surface area contributed by atoms with Crippen LogP contribution in [0.1, 0.15) is 48.5 Å². The predicted molar refractivity (Wildman–Crippen MR) is 199 cm³/mol. The summed E-state index contributed by atoms with van der Waals surface area (Å²) >= 11 is 0. The number of ether oxygens (including phenoxy) is 1. The third-order valence-corrected chi connectivity index (χ3v) is 8.09. The minimum absolute atomic E-state index is 0.115. The van der Waals surface area contributed by atoms with Gasteiger partial charge in [0.25, 0.3) is 26.1 Å². The van der Waals surface area contributed by atoms with Crippen molar-refractivity contribution in [1.29, 1.82) is 0 Å². The van der Waals surface area contributed by atoms with Crippen LogP contribution in [0.15, 0.2) is 73.2 Å². The van der Waals surface area contributed by atoms with Crippen molar-refractivity contribution < 1.29 is 40.3 Å². The van der Waals surface area contributed by atoms with Gasteiger partial charge in [-0.25, -0.2) is 4.98 Å². The number of hydrogen-bond donors (Lipinski definition) is 5. The highest BCUT2D eigenvalue weighted by molar-refractivity contribution is 7.85. The maximum atomic E-state index is 12.4. The molecule has 1 saturated carbocycles. The molecule has 1 aliphatic carbocycles. The van der Waals surface area contributed by atoms with E-state index in [0.717, 1.165) is 70.9 Å². The van der Waals surface area contributed by atoms with E-state index in [-0.39, 0.29) is 24.7 Å². The number of pyridine rings is 2. The van der Waals surface area contributed by atoms with Gasteiger partial charge in [-0.1, -0.05) is 25.1 Å². The number of fused-ring (bicyclic) bond motifs is 2. The van der Waals surface area contributed by atoms with Crippen molar-refractivity contribution in [3.8, 4) is 16.8 Å². The number of para-hydroxylation sites is 1. The number of amides is 1. The molecule has 1 amide bonds. The first kappa shape index (κ1) is 39.8. The number of nitrogens with one attached hydrogen (secondary N) is 1. The molecule has 278 valence electrons. The fraction of sp³-hybridized carbons (Fsp3) is 0.314. The largest absolute Gasteiger partial charge is 0.461 e. The van der Waals surface area contributed by atoms with Crippen LogP contribution in [0.2, 0.25) is 0 Å². The molecule has 0 bridgehead atoms. The van der Waals surface area contributed by atoms with E-state index in [1.54, 1.807) is 6.07 Å². The van der Waals surface area contributed by atoms with Crippen molar-refractivity contribution in [2.45, 2.75) is 51.2 Å². The SMILES string of the molecule is CCc1cn(-c2ccc(C(N)=O)c(N[C@H]3CC[C@H](OC(=O)CN)CC3)c2)c2nccc(-c3cnc4ccccc4c3)c12.CS(=O)(=O)O.CS(=O)(=O)O. The highest BCUT2D eigenvalue weighted by atomic mass is 32.2. The molecule has 0 spiro atoms. The number of carbonyl (C=O) groups is 2. The summed E-state index contributed by atoms with van der Waals surface area (Å²) in [5.74, 6) is -0.875. The molecule has 52 heavy (non-hydrogen) atoms. The zero-order chi connectivity index (χ0) is 38.2. The summed E-state index contributed by atoms with van der Waals surface area (Å²) < 4.78 is 59.2. The molecule has 7 N–H and O–H groups in total. The Morgan fingerprint density at radius 3 is 2.23 bits per heavy atom. The average molecular weight is 755 g/mol. The Hall–Kier alpha value is -4.94. The number of anilines is 1. The summed E-state index contributed by atoms with van der Waals surface area (Å²) in [5.41, 5.74) is 18.2. The van der Waals surface area contributed by atoms with Crippen molar-refractivity contribution >= 4 is 59.7 Å². The van der Waals surface area contributed by atoms with Gasteiger partial charge >= 0.3 is 5.97 Å². The molecule has 1 fully saturated rings. The molecule has 0 saturated heterocycles. The molecule has 0 atom stereocenters. The lowest BCUT2D eigenvalue weighted by Gasteiger charge is -2.30. The summed E-state index contributed by atoms with van der Waals surface area (Å²) in [6, 6.07) is 18.1. The highest BCUT2D eigenvalue weighted by Crippen LogP contribution is 2.35. The van der Waals surface area contributed by atoms with Crippen LogP contribution in [0.3, 0.4) is 0 Å². The van der Waals surface area contributed by atoms with Crippen molar-refractivity contribution in [2.24, 2.45) is 11.5 Å².